The molecule has 1 unspecified atom stereocenters. The molecule has 0 aliphatic carbocycles. The van der Waals surface area contributed by atoms with Gasteiger partial charge < -0.3 is 4.74 Å². The van der Waals surface area contributed by atoms with E-state index in [-0.39, 0.29) is 10.8 Å². The number of benzene rings is 1. The lowest BCUT2D eigenvalue weighted by atomic mass is 10.1. The van der Waals surface area contributed by atoms with Crippen LogP contribution in [0, 0.1) is 0 Å². The fourth-order valence-corrected chi connectivity index (χ4v) is 1.91. The minimum atomic E-state index is -0.387. The van der Waals surface area contributed by atoms with E-state index in [1.54, 1.807) is 0 Å². The van der Waals surface area contributed by atoms with Gasteiger partial charge in [0.05, 0.1) is 6.61 Å². The van der Waals surface area contributed by atoms with E-state index in [9.17, 15) is 4.79 Å². The minimum absolute atomic E-state index is 0.241. The second-order valence-electron chi connectivity index (χ2n) is 3.09. The van der Waals surface area contributed by atoms with Crippen LogP contribution in [-0.2, 0) is 9.53 Å². The molecule has 0 saturated heterocycles. The Labute approximate surface area is 106 Å². The highest BCUT2D eigenvalue weighted by atomic mass is 79.9. The average molecular weight is 336 g/mol. The molecule has 0 spiro atoms. The van der Waals surface area contributed by atoms with Gasteiger partial charge in [-0.2, -0.15) is 0 Å². The maximum atomic E-state index is 11.5. The van der Waals surface area contributed by atoms with Gasteiger partial charge in [0.15, 0.2) is 0 Å². The van der Waals surface area contributed by atoms with Gasteiger partial charge in [0, 0.05) is 4.47 Å². The molecule has 0 saturated carbocycles. The Kier molecular flexibility index (Phi) is 5.32. The number of hydrogen-bond acceptors (Lipinski definition) is 2. The first-order valence-electron chi connectivity index (χ1n) is 4.71. The quantitative estimate of drug-likeness (QED) is 0.617. The first kappa shape index (κ1) is 12.7. The van der Waals surface area contributed by atoms with Crippen LogP contribution < -0.4 is 0 Å². The number of alkyl halides is 1. The summed E-state index contributed by atoms with van der Waals surface area (Å²) in [5.41, 5.74) is 0.894. The SMILES string of the molecule is CCCOC(=O)C(Br)c1cccc(Br)c1. The summed E-state index contributed by atoms with van der Waals surface area (Å²) in [6, 6.07) is 7.59. The molecule has 0 aliphatic rings. The van der Waals surface area contributed by atoms with E-state index >= 15 is 0 Å². The van der Waals surface area contributed by atoms with Crippen molar-refractivity contribution in [3.05, 3.63) is 34.3 Å². The van der Waals surface area contributed by atoms with E-state index in [4.69, 9.17) is 4.74 Å². The van der Waals surface area contributed by atoms with Gasteiger partial charge in [-0.1, -0.05) is 50.9 Å². The predicted molar refractivity (Wildman–Crippen MR) is 67.1 cm³/mol. The van der Waals surface area contributed by atoms with Crippen molar-refractivity contribution < 1.29 is 9.53 Å². The number of esters is 1. The summed E-state index contributed by atoms with van der Waals surface area (Å²) in [5, 5.41) is 0. The fourth-order valence-electron chi connectivity index (χ4n) is 1.08. The van der Waals surface area contributed by atoms with Gasteiger partial charge in [-0.3, -0.25) is 4.79 Å². The highest BCUT2D eigenvalue weighted by molar-refractivity contribution is 9.10. The molecule has 0 radical (unpaired) electrons. The van der Waals surface area contributed by atoms with E-state index in [1.165, 1.54) is 0 Å². The van der Waals surface area contributed by atoms with E-state index in [1.807, 2.05) is 31.2 Å². The lowest BCUT2D eigenvalue weighted by Crippen LogP contribution is -2.11. The largest absolute Gasteiger partial charge is 0.465 e. The second-order valence-corrected chi connectivity index (χ2v) is 4.92. The maximum absolute atomic E-state index is 11.5. The van der Waals surface area contributed by atoms with Crippen molar-refractivity contribution in [3.63, 3.8) is 0 Å². The first-order chi connectivity index (χ1) is 7.15. The van der Waals surface area contributed by atoms with Gasteiger partial charge in [-0.05, 0) is 24.1 Å². The number of hydrogen-bond donors (Lipinski definition) is 0. The van der Waals surface area contributed by atoms with Crippen LogP contribution in [0.2, 0.25) is 0 Å². The third-order valence-electron chi connectivity index (χ3n) is 1.80. The predicted octanol–water partition coefficient (Wildman–Crippen LogP) is 3.84. The second kappa shape index (κ2) is 6.28. The Balaban J connectivity index is 2.67. The zero-order valence-corrected chi connectivity index (χ0v) is 11.5. The van der Waals surface area contributed by atoms with Crippen molar-refractivity contribution >= 4 is 37.8 Å². The summed E-state index contributed by atoms with van der Waals surface area (Å²) in [4.78, 5) is 11.1. The van der Waals surface area contributed by atoms with E-state index in [0.717, 1.165) is 16.5 Å². The van der Waals surface area contributed by atoms with Crippen molar-refractivity contribution in [1.82, 2.24) is 0 Å². The fraction of sp³-hybridized carbons (Fsp3) is 0.364. The van der Waals surface area contributed by atoms with Gasteiger partial charge >= 0.3 is 5.97 Å². The molecule has 4 heteroatoms. The van der Waals surface area contributed by atoms with Crippen LogP contribution in [0.25, 0.3) is 0 Å². The highest BCUT2D eigenvalue weighted by Gasteiger charge is 2.18. The molecule has 0 bridgehead atoms. The summed E-state index contributed by atoms with van der Waals surface area (Å²) in [7, 11) is 0. The number of carbonyl (C=O) groups is 1. The van der Waals surface area contributed by atoms with Crippen LogP contribution in [0.1, 0.15) is 23.7 Å². The van der Waals surface area contributed by atoms with Gasteiger partial charge in [0.1, 0.15) is 4.83 Å². The zero-order chi connectivity index (χ0) is 11.3. The van der Waals surface area contributed by atoms with Crippen LogP contribution in [0.5, 0.6) is 0 Å². The Bertz CT molecular complexity index is 339. The number of halogens is 2. The Morgan fingerprint density at radius 2 is 2.27 bits per heavy atom. The highest BCUT2D eigenvalue weighted by Crippen LogP contribution is 2.26. The van der Waals surface area contributed by atoms with Gasteiger partial charge in [-0.25, -0.2) is 0 Å². The summed E-state index contributed by atoms with van der Waals surface area (Å²) in [5.74, 6) is -0.241. The molecule has 2 nitrogen and oxygen atoms in total. The lowest BCUT2D eigenvalue weighted by molar-refractivity contribution is -0.142. The molecule has 1 rings (SSSR count). The van der Waals surface area contributed by atoms with Crippen LogP contribution in [0.15, 0.2) is 28.7 Å². The number of rotatable bonds is 4. The molecular formula is C11H12Br2O2. The molecule has 15 heavy (non-hydrogen) atoms. The van der Waals surface area contributed by atoms with E-state index < -0.39 is 0 Å². The van der Waals surface area contributed by atoms with Crippen molar-refractivity contribution in [1.29, 1.82) is 0 Å². The van der Waals surface area contributed by atoms with E-state index in [0.29, 0.717) is 6.61 Å². The number of carbonyl (C=O) groups excluding carboxylic acids is 1. The smallest absolute Gasteiger partial charge is 0.324 e. The molecule has 0 aliphatic heterocycles. The zero-order valence-electron chi connectivity index (χ0n) is 8.37. The van der Waals surface area contributed by atoms with Crippen LogP contribution in [-0.4, -0.2) is 12.6 Å². The third kappa shape index (κ3) is 3.95. The Hall–Kier alpha value is -0.350. The minimum Gasteiger partial charge on any atom is -0.465 e. The first-order valence-corrected chi connectivity index (χ1v) is 6.42. The van der Waals surface area contributed by atoms with Crippen LogP contribution in [0.3, 0.4) is 0 Å². The van der Waals surface area contributed by atoms with Crippen molar-refractivity contribution in [2.75, 3.05) is 6.61 Å². The lowest BCUT2D eigenvalue weighted by Gasteiger charge is -2.09. The molecule has 1 aromatic carbocycles. The molecule has 0 N–H and O–H groups in total. The summed E-state index contributed by atoms with van der Waals surface area (Å²) in [6.45, 7) is 2.44. The molecule has 0 aromatic heterocycles. The summed E-state index contributed by atoms with van der Waals surface area (Å²) >= 11 is 6.68. The summed E-state index contributed by atoms with van der Waals surface area (Å²) < 4.78 is 6.00. The molecule has 0 amide bonds. The molecule has 1 atom stereocenters. The van der Waals surface area contributed by atoms with E-state index in [2.05, 4.69) is 31.9 Å². The van der Waals surface area contributed by atoms with Gasteiger partial charge in [0.2, 0.25) is 0 Å². The monoisotopic (exact) mass is 334 g/mol. The molecule has 82 valence electrons. The standard InChI is InChI=1S/C11H12Br2O2/c1-2-6-15-11(14)10(13)8-4-3-5-9(12)7-8/h3-5,7,10H,2,6H2,1H3. The topological polar surface area (TPSA) is 26.3 Å². The van der Waals surface area contributed by atoms with Gasteiger partial charge in [0.25, 0.3) is 0 Å². The van der Waals surface area contributed by atoms with Crippen LogP contribution in [0.4, 0.5) is 0 Å². The molecule has 1 aromatic rings. The average Bonchev–Trinajstić information content (AvgIpc) is 2.24. The van der Waals surface area contributed by atoms with Crippen molar-refractivity contribution in [2.45, 2.75) is 18.2 Å². The normalized spacial score (nSPS) is 12.2. The Morgan fingerprint density at radius 3 is 2.87 bits per heavy atom. The van der Waals surface area contributed by atoms with Crippen LogP contribution >= 0.6 is 31.9 Å². The maximum Gasteiger partial charge on any atom is 0.324 e. The third-order valence-corrected chi connectivity index (χ3v) is 3.19. The molecular weight excluding hydrogens is 324 g/mol. The molecule has 0 fully saturated rings. The number of ether oxygens (including phenoxy) is 1. The molecule has 0 heterocycles. The Morgan fingerprint density at radius 1 is 1.53 bits per heavy atom. The summed E-state index contributed by atoms with van der Waals surface area (Å²) in [6.07, 6.45) is 0.837. The van der Waals surface area contributed by atoms with Gasteiger partial charge in [-0.15, -0.1) is 0 Å². The van der Waals surface area contributed by atoms with Crippen molar-refractivity contribution in [3.8, 4) is 0 Å². The van der Waals surface area contributed by atoms with Crippen molar-refractivity contribution in [2.24, 2.45) is 0 Å².